The third-order valence-electron chi connectivity index (χ3n) is 3.33. The molecule has 1 N–H and O–H groups in total. The van der Waals surface area contributed by atoms with E-state index < -0.39 is 0 Å². The van der Waals surface area contributed by atoms with Crippen LogP contribution < -0.4 is 10.1 Å². The van der Waals surface area contributed by atoms with Crippen molar-refractivity contribution >= 4 is 17.3 Å². The molecule has 1 aromatic carbocycles. The quantitative estimate of drug-likeness (QED) is 0.474. The lowest BCUT2D eigenvalue weighted by Gasteiger charge is -2.21. The Morgan fingerprint density at radius 1 is 1.38 bits per heavy atom. The summed E-state index contributed by atoms with van der Waals surface area (Å²) in [6.07, 6.45) is 0.819. The van der Waals surface area contributed by atoms with E-state index in [0.29, 0.717) is 12.4 Å². The summed E-state index contributed by atoms with van der Waals surface area (Å²) < 4.78 is 18.4. The first-order chi connectivity index (χ1) is 11.6. The standard InChI is InChI=1S/C17H23FN4OS/c1-13-21-15(12-24-13)11-22(3)17(19-2)20-9-4-10-23-16-7-5-14(18)6-8-16/h5-8,12H,4,9-11H2,1-3H3,(H,19,20). The van der Waals surface area contributed by atoms with Crippen molar-refractivity contribution in [3.8, 4) is 5.75 Å². The third-order valence-corrected chi connectivity index (χ3v) is 4.15. The van der Waals surface area contributed by atoms with Crippen LogP contribution in [-0.2, 0) is 6.54 Å². The zero-order chi connectivity index (χ0) is 17.4. The Labute approximate surface area is 146 Å². The Hall–Kier alpha value is -2.15. The van der Waals surface area contributed by atoms with Crippen LogP contribution in [0.25, 0.3) is 0 Å². The molecule has 2 aromatic rings. The van der Waals surface area contributed by atoms with E-state index in [1.807, 2.05) is 18.9 Å². The molecule has 0 aliphatic carbocycles. The molecule has 7 heteroatoms. The largest absolute Gasteiger partial charge is 0.494 e. The number of nitrogens with zero attached hydrogens (tertiary/aromatic N) is 3. The second kappa shape index (κ2) is 9.22. The van der Waals surface area contributed by atoms with Gasteiger partial charge in [-0.3, -0.25) is 4.99 Å². The van der Waals surface area contributed by atoms with Crippen LogP contribution >= 0.6 is 11.3 Å². The van der Waals surface area contributed by atoms with Crippen molar-refractivity contribution in [2.75, 3.05) is 27.2 Å². The minimum Gasteiger partial charge on any atom is -0.494 e. The minimum absolute atomic E-state index is 0.258. The number of nitrogens with one attached hydrogen (secondary N) is 1. The van der Waals surface area contributed by atoms with E-state index in [2.05, 4.69) is 20.7 Å². The van der Waals surface area contributed by atoms with Gasteiger partial charge in [-0.2, -0.15) is 0 Å². The number of hydrogen-bond donors (Lipinski definition) is 1. The summed E-state index contributed by atoms with van der Waals surface area (Å²) in [6, 6.07) is 6.05. The van der Waals surface area contributed by atoms with Crippen LogP contribution in [0.1, 0.15) is 17.1 Å². The lowest BCUT2D eigenvalue weighted by molar-refractivity contribution is 0.309. The molecule has 0 aliphatic rings. The highest BCUT2D eigenvalue weighted by Gasteiger charge is 2.08. The van der Waals surface area contributed by atoms with Gasteiger partial charge < -0.3 is 15.0 Å². The zero-order valence-electron chi connectivity index (χ0n) is 14.3. The van der Waals surface area contributed by atoms with Gasteiger partial charge in [0.05, 0.1) is 23.9 Å². The number of thiazole rings is 1. The molecule has 0 aliphatic heterocycles. The van der Waals surface area contributed by atoms with Gasteiger partial charge in [-0.05, 0) is 37.6 Å². The van der Waals surface area contributed by atoms with Crippen LogP contribution in [0.3, 0.4) is 0 Å². The van der Waals surface area contributed by atoms with Gasteiger partial charge in [0.1, 0.15) is 11.6 Å². The summed E-state index contributed by atoms with van der Waals surface area (Å²) >= 11 is 1.65. The molecule has 2 rings (SSSR count). The molecule has 0 saturated heterocycles. The third kappa shape index (κ3) is 5.81. The van der Waals surface area contributed by atoms with Crippen LogP contribution in [-0.4, -0.2) is 43.1 Å². The van der Waals surface area contributed by atoms with Crippen molar-refractivity contribution in [2.45, 2.75) is 19.9 Å². The van der Waals surface area contributed by atoms with E-state index in [9.17, 15) is 4.39 Å². The van der Waals surface area contributed by atoms with E-state index in [1.165, 1.54) is 12.1 Å². The van der Waals surface area contributed by atoms with Crippen molar-refractivity contribution < 1.29 is 9.13 Å². The van der Waals surface area contributed by atoms with Crippen molar-refractivity contribution in [3.05, 3.63) is 46.2 Å². The van der Waals surface area contributed by atoms with Crippen molar-refractivity contribution in [1.29, 1.82) is 0 Å². The Bertz CT molecular complexity index is 657. The molecule has 0 spiro atoms. The number of aryl methyl sites for hydroxylation is 1. The van der Waals surface area contributed by atoms with Gasteiger partial charge >= 0.3 is 0 Å². The number of halogens is 1. The average molecular weight is 350 g/mol. The van der Waals surface area contributed by atoms with Crippen LogP contribution in [0, 0.1) is 12.7 Å². The molecule has 0 radical (unpaired) electrons. The molecule has 0 fully saturated rings. The molecule has 1 heterocycles. The second-order valence-electron chi connectivity index (χ2n) is 5.34. The molecule has 0 unspecified atom stereocenters. The number of guanidine groups is 1. The number of rotatable bonds is 7. The van der Waals surface area contributed by atoms with Crippen LogP contribution in [0.4, 0.5) is 4.39 Å². The topological polar surface area (TPSA) is 49.8 Å². The first-order valence-electron chi connectivity index (χ1n) is 7.79. The van der Waals surface area contributed by atoms with Gasteiger partial charge in [0.15, 0.2) is 5.96 Å². The second-order valence-corrected chi connectivity index (χ2v) is 6.41. The Morgan fingerprint density at radius 2 is 2.12 bits per heavy atom. The van der Waals surface area contributed by atoms with E-state index >= 15 is 0 Å². The van der Waals surface area contributed by atoms with Gasteiger partial charge in [-0.1, -0.05) is 0 Å². The maximum Gasteiger partial charge on any atom is 0.193 e. The summed E-state index contributed by atoms with van der Waals surface area (Å²) in [5.41, 5.74) is 1.04. The molecule has 130 valence electrons. The molecule has 0 amide bonds. The molecular formula is C17H23FN4OS. The van der Waals surface area contributed by atoms with E-state index in [4.69, 9.17) is 4.74 Å². The fraction of sp³-hybridized carbons (Fsp3) is 0.412. The Balaban J connectivity index is 1.68. The summed E-state index contributed by atoms with van der Waals surface area (Å²) in [7, 11) is 3.75. The fourth-order valence-electron chi connectivity index (χ4n) is 2.18. The predicted octanol–water partition coefficient (Wildman–Crippen LogP) is 3.07. The lowest BCUT2D eigenvalue weighted by atomic mass is 10.3. The molecule has 5 nitrogen and oxygen atoms in total. The highest BCUT2D eigenvalue weighted by molar-refractivity contribution is 7.09. The van der Waals surface area contributed by atoms with Crippen LogP contribution in [0.15, 0.2) is 34.6 Å². The number of hydrogen-bond acceptors (Lipinski definition) is 4. The number of ether oxygens (including phenoxy) is 1. The molecular weight excluding hydrogens is 327 g/mol. The smallest absolute Gasteiger partial charge is 0.193 e. The minimum atomic E-state index is -0.258. The normalized spacial score (nSPS) is 11.4. The SMILES string of the molecule is CN=C(NCCCOc1ccc(F)cc1)N(C)Cc1csc(C)n1. The first-order valence-corrected chi connectivity index (χ1v) is 8.67. The highest BCUT2D eigenvalue weighted by atomic mass is 32.1. The molecule has 1 aromatic heterocycles. The fourth-order valence-corrected chi connectivity index (χ4v) is 2.78. The number of aromatic nitrogens is 1. The van der Waals surface area contributed by atoms with E-state index in [1.54, 1.807) is 30.5 Å². The number of benzene rings is 1. The van der Waals surface area contributed by atoms with Crippen molar-refractivity contribution in [3.63, 3.8) is 0 Å². The Morgan fingerprint density at radius 3 is 2.75 bits per heavy atom. The van der Waals surface area contributed by atoms with Gasteiger partial charge in [0, 0.05) is 26.0 Å². The molecule has 24 heavy (non-hydrogen) atoms. The first kappa shape index (κ1) is 18.2. The maximum absolute atomic E-state index is 12.8. The van der Waals surface area contributed by atoms with E-state index in [0.717, 1.165) is 36.2 Å². The zero-order valence-corrected chi connectivity index (χ0v) is 15.1. The summed E-state index contributed by atoms with van der Waals surface area (Å²) in [4.78, 5) is 10.8. The molecule has 0 atom stereocenters. The van der Waals surface area contributed by atoms with Gasteiger partial charge in [0.2, 0.25) is 0 Å². The predicted molar refractivity (Wildman–Crippen MR) is 96.2 cm³/mol. The van der Waals surface area contributed by atoms with Gasteiger partial charge in [-0.15, -0.1) is 11.3 Å². The molecule has 0 saturated carbocycles. The van der Waals surface area contributed by atoms with Crippen molar-refractivity contribution in [2.24, 2.45) is 4.99 Å². The monoisotopic (exact) mass is 350 g/mol. The number of aliphatic imine (C=N–C) groups is 1. The lowest BCUT2D eigenvalue weighted by Crippen LogP contribution is -2.39. The average Bonchev–Trinajstić information content (AvgIpc) is 2.97. The highest BCUT2D eigenvalue weighted by Crippen LogP contribution is 2.11. The summed E-state index contributed by atoms with van der Waals surface area (Å²) in [5, 5.41) is 6.44. The van der Waals surface area contributed by atoms with Gasteiger partial charge in [0.25, 0.3) is 0 Å². The van der Waals surface area contributed by atoms with E-state index in [-0.39, 0.29) is 5.82 Å². The molecule has 0 bridgehead atoms. The summed E-state index contributed by atoms with van der Waals surface area (Å²) in [6.45, 7) is 4.03. The van der Waals surface area contributed by atoms with Gasteiger partial charge in [-0.25, -0.2) is 9.37 Å². The van der Waals surface area contributed by atoms with Crippen LogP contribution in [0.5, 0.6) is 5.75 Å². The van der Waals surface area contributed by atoms with Crippen molar-refractivity contribution in [1.82, 2.24) is 15.2 Å². The maximum atomic E-state index is 12.8. The van der Waals surface area contributed by atoms with Crippen LogP contribution in [0.2, 0.25) is 0 Å². The summed E-state index contributed by atoms with van der Waals surface area (Å²) in [5.74, 6) is 1.24. The Kier molecular flexibility index (Phi) is 6.99.